The van der Waals surface area contributed by atoms with E-state index in [0.29, 0.717) is 13.1 Å². The van der Waals surface area contributed by atoms with Crippen molar-refractivity contribution in [3.63, 3.8) is 0 Å². The molecule has 0 spiro atoms. The fourth-order valence-electron chi connectivity index (χ4n) is 2.12. The molecule has 0 saturated carbocycles. The summed E-state index contributed by atoms with van der Waals surface area (Å²) in [5, 5.41) is 12.8. The predicted octanol–water partition coefficient (Wildman–Crippen LogP) is 2.43. The topological polar surface area (TPSA) is 62.7 Å². The number of carbonyl (C=O) groups is 1. The Hall–Kier alpha value is -1.14. The van der Waals surface area contributed by atoms with Crippen molar-refractivity contribution in [1.29, 1.82) is 0 Å². The minimum Gasteiger partial charge on any atom is -0.444 e. The number of hydrogen-bond acceptors (Lipinski definition) is 5. The molecule has 2 heterocycles. The van der Waals surface area contributed by atoms with Crippen LogP contribution in [0.2, 0.25) is 0 Å². The molecule has 0 radical (unpaired) electrons. The maximum Gasteiger partial charge on any atom is 0.410 e. The first-order valence-electron chi connectivity index (χ1n) is 6.42. The van der Waals surface area contributed by atoms with Crippen LogP contribution in [-0.4, -0.2) is 39.8 Å². The number of ether oxygens (including phenoxy) is 1. The second-order valence-corrected chi connectivity index (χ2v) is 6.72. The molecule has 1 amide bonds. The van der Waals surface area contributed by atoms with Crippen molar-refractivity contribution >= 4 is 17.4 Å². The third-order valence-corrected chi connectivity index (χ3v) is 3.87. The molecule has 1 aliphatic heterocycles. The maximum atomic E-state index is 11.9. The van der Waals surface area contributed by atoms with E-state index in [0.717, 1.165) is 11.4 Å². The number of aromatic nitrogens is 1. The van der Waals surface area contributed by atoms with E-state index in [-0.39, 0.29) is 12.0 Å². The lowest BCUT2D eigenvalue weighted by Crippen LogP contribution is -2.35. The molecule has 106 valence electrons. The lowest BCUT2D eigenvalue weighted by molar-refractivity contribution is 0.0268. The number of rotatable bonds is 2. The summed E-state index contributed by atoms with van der Waals surface area (Å²) in [4.78, 5) is 17.7. The number of thiazole rings is 1. The minimum atomic E-state index is -0.590. The molecule has 1 N–H and O–H groups in total. The Morgan fingerprint density at radius 1 is 1.63 bits per heavy atom. The Kier molecular flexibility index (Phi) is 4.10. The van der Waals surface area contributed by atoms with E-state index in [1.54, 1.807) is 11.1 Å². The summed E-state index contributed by atoms with van der Waals surface area (Å²) < 4.78 is 5.33. The first-order chi connectivity index (χ1) is 8.87. The van der Waals surface area contributed by atoms with E-state index in [4.69, 9.17) is 4.74 Å². The van der Waals surface area contributed by atoms with Gasteiger partial charge < -0.3 is 14.7 Å². The number of nitrogens with zero attached hydrogens (tertiary/aromatic N) is 2. The van der Waals surface area contributed by atoms with Crippen molar-refractivity contribution in [3.05, 3.63) is 16.6 Å². The van der Waals surface area contributed by atoms with E-state index in [2.05, 4.69) is 4.98 Å². The normalized spacial score (nSPS) is 21.5. The summed E-state index contributed by atoms with van der Waals surface area (Å²) in [5.41, 5.74) is -0.483. The number of hydrogen-bond donors (Lipinski definition) is 1. The van der Waals surface area contributed by atoms with E-state index in [1.807, 2.05) is 26.2 Å². The first kappa shape index (κ1) is 14.3. The minimum absolute atomic E-state index is 0.0404. The molecule has 1 aromatic rings. The van der Waals surface area contributed by atoms with Crippen molar-refractivity contribution in [1.82, 2.24) is 9.88 Å². The highest BCUT2D eigenvalue weighted by Crippen LogP contribution is 2.31. The van der Waals surface area contributed by atoms with Crippen LogP contribution in [0, 0.1) is 5.92 Å². The molecule has 1 fully saturated rings. The average Bonchev–Trinajstić information content (AvgIpc) is 2.98. The number of amides is 1. The Morgan fingerprint density at radius 2 is 2.37 bits per heavy atom. The van der Waals surface area contributed by atoms with Gasteiger partial charge in [0.2, 0.25) is 0 Å². The molecule has 0 aromatic carbocycles. The van der Waals surface area contributed by atoms with Gasteiger partial charge in [0.1, 0.15) is 16.7 Å². The van der Waals surface area contributed by atoms with Crippen LogP contribution in [-0.2, 0) is 4.74 Å². The third kappa shape index (κ3) is 3.67. The third-order valence-electron chi connectivity index (χ3n) is 3.03. The summed E-state index contributed by atoms with van der Waals surface area (Å²) >= 11 is 1.44. The zero-order chi connectivity index (χ0) is 14.0. The van der Waals surface area contributed by atoms with Crippen molar-refractivity contribution in [3.8, 4) is 0 Å². The summed E-state index contributed by atoms with van der Waals surface area (Å²) in [6.07, 6.45) is 1.57. The molecule has 5 nitrogen and oxygen atoms in total. The molecule has 19 heavy (non-hydrogen) atoms. The second-order valence-electron chi connectivity index (χ2n) is 5.79. The smallest absolute Gasteiger partial charge is 0.410 e. The molecule has 1 unspecified atom stereocenters. The molecule has 1 aliphatic rings. The van der Waals surface area contributed by atoms with E-state index < -0.39 is 11.7 Å². The van der Waals surface area contributed by atoms with Gasteiger partial charge in [0.05, 0.1) is 0 Å². The van der Waals surface area contributed by atoms with Gasteiger partial charge in [-0.25, -0.2) is 9.78 Å². The summed E-state index contributed by atoms with van der Waals surface area (Å²) in [6, 6.07) is 0. The van der Waals surface area contributed by atoms with Gasteiger partial charge in [-0.2, -0.15) is 0 Å². The monoisotopic (exact) mass is 284 g/mol. The molecule has 0 bridgehead atoms. The molecular weight excluding hydrogens is 264 g/mol. The van der Waals surface area contributed by atoms with E-state index in [1.165, 1.54) is 11.3 Å². The molecule has 1 saturated heterocycles. The van der Waals surface area contributed by atoms with Crippen LogP contribution in [0.5, 0.6) is 0 Å². The highest BCUT2D eigenvalue weighted by Gasteiger charge is 2.34. The van der Waals surface area contributed by atoms with Gasteiger partial charge in [-0.3, -0.25) is 0 Å². The molecule has 6 heteroatoms. The van der Waals surface area contributed by atoms with Crippen LogP contribution in [0.25, 0.3) is 0 Å². The highest BCUT2D eigenvalue weighted by molar-refractivity contribution is 7.09. The van der Waals surface area contributed by atoms with Gasteiger partial charge in [0, 0.05) is 30.6 Å². The predicted molar refractivity (Wildman–Crippen MR) is 73.0 cm³/mol. The van der Waals surface area contributed by atoms with E-state index in [9.17, 15) is 9.90 Å². The number of carbonyl (C=O) groups excluding carboxylic acids is 1. The van der Waals surface area contributed by atoms with Gasteiger partial charge >= 0.3 is 6.09 Å². The number of aliphatic hydroxyl groups excluding tert-OH is 1. The summed E-state index contributed by atoms with van der Waals surface area (Å²) in [7, 11) is 0. The van der Waals surface area contributed by atoms with Crippen molar-refractivity contribution in [2.45, 2.75) is 38.9 Å². The standard InChI is InChI=1S/C13H20N2O3S/c1-13(2,3)18-12(17)15-6-4-9(8-15)10(16)11-14-5-7-19-11/h5,7,9-10,16H,4,6,8H2,1-3H3/t9?,10-/m0/s1. The van der Waals surface area contributed by atoms with Crippen molar-refractivity contribution in [2.24, 2.45) is 5.92 Å². The van der Waals surface area contributed by atoms with Gasteiger partial charge in [-0.1, -0.05) is 0 Å². The Morgan fingerprint density at radius 3 is 2.95 bits per heavy atom. The fraction of sp³-hybridized carbons (Fsp3) is 0.692. The number of likely N-dealkylation sites (tertiary alicyclic amines) is 1. The van der Waals surface area contributed by atoms with Gasteiger partial charge in [-0.15, -0.1) is 11.3 Å². The largest absolute Gasteiger partial charge is 0.444 e. The fourth-order valence-corrected chi connectivity index (χ4v) is 2.83. The Bertz CT molecular complexity index is 428. The van der Waals surface area contributed by atoms with Crippen LogP contribution >= 0.6 is 11.3 Å². The molecule has 2 atom stereocenters. The number of aliphatic hydroxyl groups is 1. The van der Waals surface area contributed by atoms with Crippen molar-refractivity contribution < 1.29 is 14.6 Å². The molecule has 1 aromatic heterocycles. The van der Waals surface area contributed by atoms with Crippen LogP contribution < -0.4 is 0 Å². The molecular formula is C13H20N2O3S. The molecule has 2 rings (SSSR count). The van der Waals surface area contributed by atoms with Crippen LogP contribution in [0.15, 0.2) is 11.6 Å². The van der Waals surface area contributed by atoms with Gasteiger partial charge in [-0.05, 0) is 27.2 Å². The van der Waals surface area contributed by atoms with Crippen LogP contribution in [0.4, 0.5) is 4.79 Å². The molecule has 0 aliphatic carbocycles. The zero-order valence-electron chi connectivity index (χ0n) is 11.5. The lowest BCUT2D eigenvalue weighted by atomic mass is 10.0. The Balaban J connectivity index is 1.91. The SMILES string of the molecule is CC(C)(C)OC(=O)N1CCC([C@H](O)c2nccs2)C1. The lowest BCUT2D eigenvalue weighted by Gasteiger charge is -2.24. The van der Waals surface area contributed by atoms with Crippen LogP contribution in [0.1, 0.15) is 38.3 Å². The summed E-state index contributed by atoms with van der Waals surface area (Å²) in [6.45, 7) is 6.70. The zero-order valence-corrected chi connectivity index (χ0v) is 12.3. The van der Waals surface area contributed by atoms with Crippen LogP contribution in [0.3, 0.4) is 0 Å². The maximum absolute atomic E-state index is 11.9. The highest BCUT2D eigenvalue weighted by atomic mass is 32.1. The Labute approximate surface area is 117 Å². The average molecular weight is 284 g/mol. The first-order valence-corrected chi connectivity index (χ1v) is 7.30. The van der Waals surface area contributed by atoms with Gasteiger partial charge in [0.15, 0.2) is 0 Å². The summed E-state index contributed by atoms with van der Waals surface area (Å²) in [5.74, 6) is 0.0404. The quantitative estimate of drug-likeness (QED) is 0.906. The van der Waals surface area contributed by atoms with Gasteiger partial charge in [0.25, 0.3) is 0 Å². The van der Waals surface area contributed by atoms with Crippen molar-refractivity contribution in [2.75, 3.05) is 13.1 Å². The second kappa shape index (κ2) is 5.46. The van der Waals surface area contributed by atoms with E-state index >= 15 is 0 Å².